The molecule has 0 bridgehead atoms. The molecule has 0 aromatic heterocycles. The lowest BCUT2D eigenvalue weighted by molar-refractivity contribution is -0.132. The third-order valence-corrected chi connectivity index (χ3v) is 4.29. The zero-order valence-electron chi connectivity index (χ0n) is 14.9. The van der Waals surface area contributed by atoms with Gasteiger partial charge in [-0.3, -0.25) is 14.5 Å². The van der Waals surface area contributed by atoms with Gasteiger partial charge in [-0.05, 0) is 59.3 Å². The summed E-state index contributed by atoms with van der Waals surface area (Å²) in [5, 5.41) is 5.63. The van der Waals surface area contributed by atoms with Crippen LogP contribution in [0.5, 0.6) is 0 Å². The number of carbonyl (C=O) groups is 3. The Balaban J connectivity index is 2.01. The molecule has 2 atom stereocenters. The van der Waals surface area contributed by atoms with Crippen molar-refractivity contribution in [2.75, 3.05) is 13.1 Å². The average Bonchev–Trinajstić information content (AvgIpc) is 2.70. The van der Waals surface area contributed by atoms with Gasteiger partial charge in [0, 0.05) is 13.1 Å². The Kier molecular flexibility index (Phi) is 6.07. The van der Waals surface area contributed by atoms with Crippen LogP contribution in [0.2, 0.25) is 0 Å². The number of hydrogen-bond donors (Lipinski definition) is 2. The Morgan fingerprint density at radius 3 is 2.58 bits per heavy atom. The topological polar surface area (TPSA) is 87.7 Å². The Hall–Kier alpha value is -1.79. The minimum atomic E-state index is -0.600. The van der Waals surface area contributed by atoms with Gasteiger partial charge < -0.3 is 15.4 Å². The molecule has 2 heterocycles. The van der Waals surface area contributed by atoms with E-state index in [2.05, 4.69) is 10.6 Å². The van der Waals surface area contributed by atoms with E-state index in [4.69, 9.17) is 4.74 Å². The maximum absolute atomic E-state index is 12.7. The number of hydrogen-bond acceptors (Lipinski definition) is 4. The zero-order chi connectivity index (χ0) is 17.7. The Bertz CT molecular complexity index is 487. The van der Waals surface area contributed by atoms with Crippen LogP contribution in [0, 0.1) is 0 Å². The summed E-state index contributed by atoms with van der Waals surface area (Å²) in [6, 6.07) is -1.08. The van der Waals surface area contributed by atoms with Gasteiger partial charge in [0.25, 0.3) is 0 Å². The maximum Gasteiger partial charge on any atom is 0.410 e. The third-order valence-electron chi connectivity index (χ3n) is 4.29. The molecule has 2 aliphatic heterocycles. The van der Waals surface area contributed by atoms with Crippen molar-refractivity contribution in [1.29, 1.82) is 0 Å². The fourth-order valence-electron chi connectivity index (χ4n) is 3.09. The van der Waals surface area contributed by atoms with Crippen molar-refractivity contribution in [3.8, 4) is 0 Å². The van der Waals surface area contributed by atoms with Crippen LogP contribution in [0.3, 0.4) is 0 Å². The molecule has 24 heavy (non-hydrogen) atoms. The van der Waals surface area contributed by atoms with Gasteiger partial charge in [0.15, 0.2) is 0 Å². The first-order valence-corrected chi connectivity index (χ1v) is 8.85. The van der Waals surface area contributed by atoms with Crippen molar-refractivity contribution in [1.82, 2.24) is 15.5 Å². The second-order valence-corrected chi connectivity index (χ2v) is 7.53. The Labute approximate surface area is 143 Å². The fraction of sp³-hybridized carbons (Fsp3) is 0.824. The van der Waals surface area contributed by atoms with Crippen molar-refractivity contribution < 1.29 is 19.1 Å². The minimum absolute atomic E-state index is 0.138. The summed E-state index contributed by atoms with van der Waals surface area (Å²) in [6.45, 7) is 6.57. The van der Waals surface area contributed by atoms with Gasteiger partial charge in [-0.2, -0.15) is 0 Å². The zero-order valence-corrected chi connectivity index (χ0v) is 14.9. The van der Waals surface area contributed by atoms with Crippen molar-refractivity contribution >= 4 is 17.9 Å². The van der Waals surface area contributed by atoms with Gasteiger partial charge in [-0.15, -0.1) is 0 Å². The van der Waals surface area contributed by atoms with E-state index < -0.39 is 23.8 Å². The quantitative estimate of drug-likeness (QED) is 0.799. The highest BCUT2D eigenvalue weighted by Gasteiger charge is 2.36. The van der Waals surface area contributed by atoms with E-state index in [9.17, 15) is 14.4 Å². The second-order valence-electron chi connectivity index (χ2n) is 7.53. The molecule has 0 aliphatic carbocycles. The summed E-state index contributed by atoms with van der Waals surface area (Å²) in [4.78, 5) is 38.6. The summed E-state index contributed by atoms with van der Waals surface area (Å²) < 4.78 is 5.42. The molecule has 2 fully saturated rings. The highest BCUT2D eigenvalue weighted by atomic mass is 16.6. The SMILES string of the molecule is CC(C)(C)OC(=O)N1CCCC[C@H]1C(=O)NC1CCCCNC1=O. The molecule has 2 saturated heterocycles. The van der Waals surface area contributed by atoms with Crippen LogP contribution >= 0.6 is 0 Å². The van der Waals surface area contributed by atoms with Crippen LogP contribution in [-0.2, 0) is 14.3 Å². The standard InChI is InChI=1S/C17H29N3O4/c1-17(2,3)24-16(23)20-11-7-5-9-13(20)15(22)19-12-8-4-6-10-18-14(12)21/h12-13H,4-11H2,1-3H3,(H,18,21)(H,19,22)/t12?,13-/m0/s1. The van der Waals surface area contributed by atoms with Crippen molar-refractivity contribution in [2.24, 2.45) is 0 Å². The van der Waals surface area contributed by atoms with E-state index in [0.29, 0.717) is 25.9 Å². The highest BCUT2D eigenvalue weighted by molar-refractivity contribution is 5.91. The van der Waals surface area contributed by atoms with Crippen LogP contribution in [0.15, 0.2) is 0 Å². The molecule has 2 aliphatic rings. The molecule has 2 rings (SSSR count). The molecule has 0 aromatic rings. The van der Waals surface area contributed by atoms with Gasteiger partial charge in [0.05, 0.1) is 0 Å². The molecule has 0 saturated carbocycles. The van der Waals surface area contributed by atoms with Crippen molar-refractivity contribution in [3.63, 3.8) is 0 Å². The lowest BCUT2D eigenvalue weighted by Gasteiger charge is -2.36. The number of likely N-dealkylation sites (tertiary alicyclic amines) is 1. The van der Waals surface area contributed by atoms with Gasteiger partial charge >= 0.3 is 6.09 Å². The number of amides is 3. The van der Waals surface area contributed by atoms with Crippen LogP contribution < -0.4 is 10.6 Å². The van der Waals surface area contributed by atoms with E-state index >= 15 is 0 Å². The van der Waals surface area contributed by atoms with Gasteiger partial charge in [-0.1, -0.05) is 0 Å². The predicted octanol–water partition coefficient (Wildman–Crippen LogP) is 1.56. The van der Waals surface area contributed by atoms with E-state index in [1.54, 1.807) is 20.8 Å². The van der Waals surface area contributed by atoms with Crippen molar-refractivity contribution in [3.05, 3.63) is 0 Å². The first-order chi connectivity index (χ1) is 11.3. The lowest BCUT2D eigenvalue weighted by atomic mass is 10.0. The van der Waals surface area contributed by atoms with E-state index in [1.807, 2.05) is 0 Å². The number of nitrogens with one attached hydrogen (secondary N) is 2. The maximum atomic E-state index is 12.7. The summed E-state index contributed by atoms with van der Waals surface area (Å²) in [6.07, 6.45) is 4.32. The molecule has 7 nitrogen and oxygen atoms in total. The van der Waals surface area contributed by atoms with Crippen LogP contribution in [0.4, 0.5) is 4.79 Å². The molecule has 2 N–H and O–H groups in total. The monoisotopic (exact) mass is 339 g/mol. The number of piperidine rings is 1. The van der Waals surface area contributed by atoms with Gasteiger partial charge in [0.2, 0.25) is 11.8 Å². The fourth-order valence-corrected chi connectivity index (χ4v) is 3.09. The number of ether oxygens (including phenoxy) is 1. The highest BCUT2D eigenvalue weighted by Crippen LogP contribution is 2.21. The summed E-state index contributed by atoms with van der Waals surface area (Å²) in [5.41, 5.74) is -0.600. The first kappa shape index (κ1) is 18.5. The van der Waals surface area contributed by atoms with Gasteiger partial charge in [0.1, 0.15) is 17.7 Å². The van der Waals surface area contributed by atoms with E-state index in [1.165, 1.54) is 4.90 Å². The Morgan fingerprint density at radius 1 is 1.17 bits per heavy atom. The van der Waals surface area contributed by atoms with Crippen molar-refractivity contribution in [2.45, 2.75) is 77.0 Å². The molecular formula is C17H29N3O4. The summed E-state index contributed by atoms with van der Waals surface area (Å²) in [5.74, 6) is -0.400. The molecule has 0 spiro atoms. The van der Waals surface area contributed by atoms with E-state index in [0.717, 1.165) is 25.7 Å². The minimum Gasteiger partial charge on any atom is -0.444 e. The normalized spacial score (nSPS) is 25.5. The largest absolute Gasteiger partial charge is 0.444 e. The molecule has 0 radical (unpaired) electrons. The van der Waals surface area contributed by atoms with Crippen LogP contribution in [-0.4, -0.2) is 53.6 Å². The Morgan fingerprint density at radius 2 is 1.88 bits per heavy atom. The van der Waals surface area contributed by atoms with E-state index in [-0.39, 0.29) is 11.8 Å². The van der Waals surface area contributed by atoms with Crippen LogP contribution in [0.1, 0.15) is 59.3 Å². The van der Waals surface area contributed by atoms with Gasteiger partial charge in [-0.25, -0.2) is 4.79 Å². The number of nitrogens with zero attached hydrogens (tertiary/aromatic N) is 1. The second kappa shape index (κ2) is 7.85. The smallest absolute Gasteiger partial charge is 0.410 e. The molecule has 1 unspecified atom stereocenters. The third kappa shape index (κ3) is 5.11. The van der Waals surface area contributed by atoms with Crippen LogP contribution in [0.25, 0.3) is 0 Å². The molecule has 0 aromatic carbocycles. The molecule has 136 valence electrons. The number of carbonyl (C=O) groups excluding carboxylic acids is 3. The first-order valence-electron chi connectivity index (χ1n) is 8.85. The summed E-state index contributed by atoms with van der Waals surface area (Å²) in [7, 11) is 0. The predicted molar refractivity (Wildman–Crippen MR) is 89.4 cm³/mol. The lowest BCUT2D eigenvalue weighted by Crippen LogP contribution is -2.56. The molecular weight excluding hydrogens is 310 g/mol. The average molecular weight is 339 g/mol. The summed E-state index contributed by atoms with van der Waals surface area (Å²) >= 11 is 0. The molecule has 3 amide bonds. The number of rotatable bonds is 2. The molecule has 7 heteroatoms.